The molecule has 60 valence electrons. The standard InChI is InChI=1S/C5H3BF4N.K/c7-4-1-2-11-5(3-4)6(8,9)10;/h1-3H;/q-1;+1. The summed E-state index contributed by atoms with van der Waals surface area (Å²) in [4.78, 5) is 2.97. The number of halogens is 4. The van der Waals surface area contributed by atoms with Crippen molar-refractivity contribution in [3.05, 3.63) is 24.1 Å². The van der Waals surface area contributed by atoms with Gasteiger partial charge in [-0.25, -0.2) is 4.39 Å². The van der Waals surface area contributed by atoms with Crippen LogP contribution in [0, 0.1) is 5.82 Å². The summed E-state index contributed by atoms with van der Waals surface area (Å²) in [6, 6.07) is 1.24. The fourth-order valence-corrected chi connectivity index (χ4v) is 0.600. The van der Waals surface area contributed by atoms with E-state index in [0.29, 0.717) is 6.07 Å². The van der Waals surface area contributed by atoms with Crippen molar-refractivity contribution in [2.75, 3.05) is 0 Å². The van der Waals surface area contributed by atoms with Crippen LogP contribution in [0.3, 0.4) is 0 Å². The predicted molar refractivity (Wildman–Crippen MR) is 32.9 cm³/mol. The van der Waals surface area contributed by atoms with Gasteiger partial charge in [-0.2, -0.15) is 0 Å². The molecule has 0 bridgehead atoms. The molecule has 0 unspecified atom stereocenters. The third-order valence-corrected chi connectivity index (χ3v) is 1.08. The summed E-state index contributed by atoms with van der Waals surface area (Å²) < 4.78 is 47.6. The van der Waals surface area contributed by atoms with Gasteiger partial charge in [-0.3, -0.25) is 4.98 Å². The molecule has 0 saturated carbocycles. The third-order valence-electron chi connectivity index (χ3n) is 1.08. The van der Waals surface area contributed by atoms with Crippen LogP contribution < -0.4 is 57.0 Å². The van der Waals surface area contributed by atoms with Crippen LogP contribution in [0.25, 0.3) is 0 Å². The second-order valence-corrected chi connectivity index (χ2v) is 1.97. The van der Waals surface area contributed by atoms with Crippen molar-refractivity contribution >= 4 is 12.6 Å². The number of hydrogen-bond acceptors (Lipinski definition) is 1. The van der Waals surface area contributed by atoms with E-state index in [0.717, 1.165) is 12.3 Å². The van der Waals surface area contributed by atoms with Crippen molar-refractivity contribution in [2.24, 2.45) is 0 Å². The number of nitrogens with zero attached hydrogens (tertiary/aromatic N) is 1. The summed E-state index contributed by atoms with van der Waals surface area (Å²) in [5.74, 6) is -0.922. The summed E-state index contributed by atoms with van der Waals surface area (Å²) in [5, 5.41) is 0. The summed E-state index contributed by atoms with van der Waals surface area (Å²) in [6.07, 6.45) is 0.792. The predicted octanol–water partition coefficient (Wildman–Crippen LogP) is -1.72. The average Bonchev–Trinajstić information content (AvgIpc) is 1.86. The molecule has 0 radical (unpaired) electrons. The zero-order chi connectivity index (χ0) is 8.48. The van der Waals surface area contributed by atoms with Gasteiger partial charge in [-0.15, -0.1) is 0 Å². The van der Waals surface area contributed by atoms with Crippen LogP contribution in [0.2, 0.25) is 0 Å². The first kappa shape index (κ1) is 12.6. The van der Waals surface area contributed by atoms with Crippen molar-refractivity contribution in [1.82, 2.24) is 4.98 Å². The largest absolute Gasteiger partial charge is 1.00 e. The van der Waals surface area contributed by atoms with Crippen LogP contribution in [-0.2, 0) is 0 Å². The average molecular weight is 203 g/mol. The van der Waals surface area contributed by atoms with E-state index in [1.165, 1.54) is 0 Å². The molecule has 0 aliphatic heterocycles. The van der Waals surface area contributed by atoms with E-state index in [2.05, 4.69) is 4.98 Å². The Morgan fingerprint density at radius 3 is 2.17 bits per heavy atom. The molecule has 0 fully saturated rings. The van der Waals surface area contributed by atoms with Crippen LogP contribution in [0.5, 0.6) is 0 Å². The van der Waals surface area contributed by atoms with Crippen molar-refractivity contribution in [3.63, 3.8) is 0 Å². The van der Waals surface area contributed by atoms with Gasteiger partial charge in [0.2, 0.25) is 0 Å². The Labute approximate surface area is 109 Å². The maximum absolute atomic E-state index is 12.2. The first-order valence-electron chi connectivity index (χ1n) is 2.81. The Hall–Kier alpha value is 0.571. The molecule has 7 heteroatoms. The fraction of sp³-hybridized carbons (Fsp3) is 0. The maximum Gasteiger partial charge on any atom is 1.00 e. The molecule has 1 rings (SSSR count). The van der Waals surface area contributed by atoms with Gasteiger partial charge in [0.1, 0.15) is 5.82 Å². The second kappa shape index (κ2) is 4.71. The first-order chi connectivity index (χ1) is 5.00. The summed E-state index contributed by atoms with van der Waals surface area (Å²) >= 11 is 0. The zero-order valence-corrected chi connectivity index (χ0v) is 9.39. The van der Waals surface area contributed by atoms with Crippen LogP contribution in [0.4, 0.5) is 17.3 Å². The topological polar surface area (TPSA) is 12.9 Å². The molecule has 0 amide bonds. The zero-order valence-electron chi connectivity index (χ0n) is 6.27. The van der Waals surface area contributed by atoms with Gasteiger partial charge in [0.15, 0.2) is 0 Å². The molecule has 0 spiro atoms. The molecule has 0 aromatic carbocycles. The Balaban J connectivity index is 0.00000121. The minimum Gasteiger partial charge on any atom is -0.444 e. The third kappa shape index (κ3) is 3.53. The van der Waals surface area contributed by atoms with E-state index in [-0.39, 0.29) is 51.4 Å². The molecule has 0 aliphatic carbocycles. The molecule has 1 nitrogen and oxygen atoms in total. The van der Waals surface area contributed by atoms with E-state index >= 15 is 0 Å². The van der Waals surface area contributed by atoms with Gasteiger partial charge in [0.05, 0.1) is 0 Å². The van der Waals surface area contributed by atoms with Crippen molar-refractivity contribution < 1.29 is 68.7 Å². The summed E-state index contributed by atoms with van der Waals surface area (Å²) in [7, 11) is 0. The normalized spacial score (nSPS) is 10.7. The van der Waals surface area contributed by atoms with Crippen LogP contribution >= 0.6 is 0 Å². The Morgan fingerprint density at radius 1 is 1.25 bits per heavy atom. The molecular weight excluding hydrogens is 200 g/mol. The van der Waals surface area contributed by atoms with E-state index in [9.17, 15) is 17.3 Å². The molecule has 1 aromatic heterocycles. The van der Waals surface area contributed by atoms with Crippen molar-refractivity contribution in [1.29, 1.82) is 0 Å². The molecule has 1 heterocycles. The van der Waals surface area contributed by atoms with Crippen LogP contribution in [0.15, 0.2) is 18.3 Å². The van der Waals surface area contributed by atoms with E-state index in [1.807, 2.05) is 0 Å². The number of aromatic nitrogens is 1. The summed E-state index contributed by atoms with van der Waals surface area (Å²) in [5.41, 5.74) is -1.15. The van der Waals surface area contributed by atoms with Gasteiger partial charge in [0.25, 0.3) is 0 Å². The van der Waals surface area contributed by atoms with Crippen LogP contribution in [-0.4, -0.2) is 12.0 Å². The van der Waals surface area contributed by atoms with Gasteiger partial charge in [-0.1, -0.05) is 0 Å². The molecule has 0 atom stereocenters. The minimum absolute atomic E-state index is 0. The Kier molecular flexibility index (Phi) is 4.93. The molecule has 12 heavy (non-hydrogen) atoms. The Bertz CT molecular complexity index is 264. The van der Waals surface area contributed by atoms with E-state index in [4.69, 9.17) is 0 Å². The van der Waals surface area contributed by atoms with Gasteiger partial charge in [0, 0.05) is 6.20 Å². The number of rotatable bonds is 1. The molecule has 0 saturated heterocycles. The number of hydrogen-bond donors (Lipinski definition) is 0. The van der Waals surface area contributed by atoms with Gasteiger partial charge < -0.3 is 12.9 Å². The van der Waals surface area contributed by atoms with E-state index in [1.54, 1.807) is 0 Å². The molecule has 0 aliphatic rings. The first-order valence-corrected chi connectivity index (χ1v) is 2.81. The van der Waals surface area contributed by atoms with E-state index < -0.39 is 18.4 Å². The second-order valence-electron chi connectivity index (χ2n) is 1.97. The molecule has 0 N–H and O–H groups in total. The number of pyridine rings is 1. The van der Waals surface area contributed by atoms with Crippen molar-refractivity contribution in [3.8, 4) is 0 Å². The van der Waals surface area contributed by atoms with Crippen molar-refractivity contribution in [2.45, 2.75) is 0 Å². The quantitative estimate of drug-likeness (QED) is 0.390. The smallest absolute Gasteiger partial charge is 0.444 e. The SMILES string of the molecule is Fc1ccnc([B-](F)(F)F)c1.[K+]. The molecule has 1 aromatic rings. The van der Waals surface area contributed by atoms with Crippen LogP contribution in [0.1, 0.15) is 0 Å². The Morgan fingerprint density at radius 2 is 1.83 bits per heavy atom. The molecular formula is C5H3BF4KN. The fourth-order valence-electron chi connectivity index (χ4n) is 0.600. The monoisotopic (exact) mass is 203 g/mol. The van der Waals surface area contributed by atoms with Gasteiger partial charge >= 0.3 is 58.4 Å². The minimum atomic E-state index is -5.17. The van der Waals surface area contributed by atoms with Gasteiger partial charge in [-0.05, 0) is 17.7 Å². The maximum atomic E-state index is 12.2. The summed E-state index contributed by atoms with van der Waals surface area (Å²) in [6.45, 7) is -5.17.